The topological polar surface area (TPSA) is 85.1 Å². The van der Waals surface area contributed by atoms with Crippen molar-refractivity contribution >= 4 is 27.5 Å². The van der Waals surface area contributed by atoms with Crippen LogP contribution in [-0.2, 0) is 24.2 Å². The highest BCUT2D eigenvalue weighted by Crippen LogP contribution is 2.41. The van der Waals surface area contributed by atoms with Gasteiger partial charge in [0, 0.05) is 4.88 Å². The van der Waals surface area contributed by atoms with Crippen LogP contribution in [0.3, 0.4) is 0 Å². The molecule has 0 saturated carbocycles. The number of carboxylic acid groups (broad SMARTS) is 1. The van der Waals surface area contributed by atoms with Gasteiger partial charge in [0.2, 0.25) is 0 Å². The standard InChI is InChI=1S/C15H19N3O3S/c1-15(2,3)8-4-5-9-10(6-8)22-13-12(9)14(21)18(17-16-13)7-11(19)20/h8H,4-7H2,1-3H3,(H,19,20). The van der Waals surface area contributed by atoms with Gasteiger partial charge in [-0.2, -0.15) is 4.68 Å². The van der Waals surface area contributed by atoms with Gasteiger partial charge >= 0.3 is 5.97 Å². The molecule has 22 heavy (non-hydrogen) atoms. The molecule has 0 aliphatic heterocycles. The van der Waals surface area contributed by atoms with E-state index in [2.05, 4.69) is 31.1 Å². The number of hydrogen-bond acceptors (Lipinski definition) is 5. The molecule has 2 aromatic rings. The maximum Gasteiger partial charge on any atom is 0.325 e. The van der Waals surface area contributed by atoms with Crippen molar-refractivity contribution in [3.63, 3.8) is 0 Å². The van der Waals surface area contributed by atoms with Crippen LogP contribution in [0.1, 0.15) is 37.6 Å². The fraction of sp³-hybridized carbons (Fsp3) is 0.600. The number of thiophene rings is 1. The SMILES string of the molecule is CC(C)(C)C1CCc2c(sc3nnn(CC(=O)O)c(=O)c23)C1. The second kappa shape index (κ2) is 5.15. The van der Waals surface area contributed by atoms with E-state index < -0.39 is 12.5 Å². The van der Waals surface area contributed by atoms with E-state index >= 15 is 0 Å². The molecule has 3 rings (SSSR count). The first-order valence-electron chi connectivity index (χ1n) is 7.37. The number of aryl methyl sites for hydroxylation is 1. The van der Waals surface area contributed by atoms with Crippen molar-refractivity contribution in [3.8, 4) is 0 Å². The van der Waals surface area contributed by atoms with Gasteiger partial charge in [-0.15, -0.1) is 16.4 Å². The van der Waals surface area contributed by atoms with Crippen LogP contribution in [0.25, 0.3) is 10.2 Å². The number of nitrogens with zero attached hydrogens (tertiary/aromatic N) is 3. The Bertz CT molecular complexity index is 801. The van der Waals surface area contributed by atoms with Crippen LogP contribution in [0.2, 0.25) is 0 Å². The first-order valence-corrected chi connectivity index (χ1v) is 8.19. The van der Waals surface area contributed by atoms with E-state index in [0.29, 0.717) is 16.1 Å². The second-order valence-electron chi connectivity index (χ2n) is 6.94. The molecule has 0 fully saturated rings. The molecule has 1 N–H and O–H groups in total. The van der Waals surface area contributed by atoms with Crippen molar-refractivity contribution in [1.29, 1.82) is 0 Å². The van der Waals surface area contributed by atoms with Crippen molar-refractivity contribution < 1.29 is 9.90 Å². The average Bonchev–Trinajstić information content (AvgIpc) is 2.78. The maximum atomic E-state index is 12.5. The summed E-state index contributed by atoms with van der Waals surface area (Å²) in [5, 5.41) is 17.2. The molecule has 0 radical (unpaired) electrons. The monoisotopic (exact) mass is 321 g/mol. The van der Waals surface area contributed by atoms with E-state index in [1.54, 1.807) is 0 Å². The van der Waals surface area contributed by atoms with E-state index in [-0.39, 0.29) is 11.0 Å². The highest BCUT2D eigenvalue weighted by atomic mass is 32.1. The van der Waals surface area contributed by atoms with Crippen LogP contribution in [0.15, 0.2) is 4.79 Å². The molecule has 0 saturated heterocycles. The van der Waals surface area contributed by atoms with Crippen LogP contribution in [0, 0.1) is 11.3 Å². The molecule has 7 heteroatoms. The lowest BCUT2D eigenvalue weighted by Crippen LogP contribution is -2.29. The summed E-state index contributed by atoms with van der Waals surface area (Å²) >= 11 is 1.53. The van der Waals surface area contributed by atoms with Crippen LogP contribution in [0.4, 0.5) is 0 Å². The Morgan fingerprint density at radius 1 is 1.45 bits per heavy atom. The molecule has 1 unspecified atom stereocenters. The highest BCUT2D eigenvalue weighted by molar-refractivity contribution is 7.18. The van der Waals surface area contributed by atoms with Gasteiger partial charge in [0.15, 0.2) is 4.83 Å². The molecular weight excluding hydrogens is 302 g/mol. The summed E-state index contributed by atoms with van der Waals surface area (Å²) in [6.07, 6.45) is 2.85. The van der Waals surface area contributed by atoms with E-state index in [4.69, 9.17) is 5.11 Å². The molecular formula is C15H19N3O3S. The third-order valence-electron chi connectivity index (χ3n) is 4.45. The van der Waals surface area contributed by atoms with Crippen LogP contribution in [-0.4, -0.2) is 26.1 Å². The van der Waals surface area contributed by atoms with E-state index in [1.807, 2.05) is 0 Å². The normalized spacial score (nSPS) is 18.4. The Morgan fingerprint density at radius 2 is 2.18 bits per heavy atom. The lowest BCUT2D eigenvalue weighted by Gasteiger charge is -2.33. The number of carbonyl (C=O) groups is 1. The summed E-state index contributed by atoms with van der Waals surface area (Å²) < 4.78 is 0.938. The number of rotatable bonds is 2. The third kappa shape index (κ3) is 2.54. The summed E-state index contributed by atoms with van der Waals surface area (Å²) in [5.74, 6) is -0.505. The molecule has 0 aromatic carbocycles. The molecule has 0 amide bonds. The zero-order valence-electron chi connectivity index (χ0n) is 12.9. The first kappa shape index (κ1) is 15.1. The molecule has 1 atom stereocenters. The van der Waals surface area contributed by atoms with Gasteiger partial charge in [0.05, 0.1) is 5.39 Å². The second-order valence-corrected chi connectivity index (χ2v) is 8.02. The van der Waals surface area contributed by atoms with Crippen LogP contribution < -0.4 is 5.56 Å². The van der Waals surface area contributed by atoms with Gasteiger partial charge in [-0.1, -0.05) is 26.0 Å². The highest BCUT2D eigenvalue weighted by Gasteiger charge is 2.31. The van der Waals surface area contributed by atoms with E-state index in [0.717, 1.165) is 29.5 Å². The van der Waals surface area contributed by atoms with Crippen molar-refractivity contribution in [2.75, 3.05) is 0 Å². The Balaban J connectivity index is 2.08. The molecule has 118 valence electrons. The summed E-state index contributed by atoms with van der Waals surface area (Å²) in [5.41, 5.74) is 0.960. The molecule has 2 aromatic heterocycles. The lowest BCUT2D eigenvalue weighted by molar-refractivity contribution is -0.138. The summed E-state index contributed by atoms with van der Waals surface area (Å²) in [4.78, 5) is 25.1. The predicted molar refractivity (Wildman–Crippen MR) is 84.3 cm³/mol. The van der Waals surface area contributed by atoms with E-state index in [1.165, 1.54) is 16.2 Å². The van der Waals surface area contributed by atoms with Gasteiger partial charge in [-0.25, -0.2) is 0 Å². The maximum absolute atomic E-state index is 12.5. The van der Waals surface area contributed by atoms with Gasteiger partial charge in [-0.3, -0.25) is 9.59 Å². The van der Waals surface area contributed by atoms with Crippen molar-refractivity contribution in [3.05, 3.63) is 20.8 Å². The summed E-state index contributed by atoms with van der Waals surface area (Å²) in [6.45, 7) is 6.29. The van der Waals surface area contributed by atoms with Gasteiger partial charge in [-0.05, 0) is 36.2 Å². The molecule has 1 aliphatic carbocycles. The number of carboxylic acids is 1. The number of hydrogen-bond donors (Lipinski definition) is 1. The Morgan fingerprint density at radius 3 is 2.82 bits per heavy atom. The quantitative estimate of drug-likeness (QED) is 0.915. The minimum absolute atomic E-state index is 0.239. The average molecular weight is 321 g/mol. The van der Waals surface area contributed by atoms with Crippen molar-refractivity contribution in [1.82, 2.24) is 15.0 Å². The molecule has 2 heterocycles. The summed E-state index contributed by atoms with van der Waals surface area (Å²) in [7, 11) is 0. The zero-order valence-corrected chi connectivity index (χ0v) is 13.7. The van der Waals surface area contributed by atoms with Gasteiger partial charge in [0.1, 0.15) is 6.54 Å². The number of aromatic nitrogens is 3. The van der Waals surface area contributed by atoms with Crippen molar-refractivity contribution in [2.45, 2.75) is 46.6 Å². The molecule has 6 nitrogen and oxygen atoms in total. The first-order chi connectivity index (χ1) is 10.3. The molecule has 0 bridgehead atoms. The largest absolute Gasteiger partial charge is 0.480 e. The fourth-order valence-corrected chi connectivity index (χ4v) is 4.33. The lowest BCUT2D eigenvalue weighted by atomic mass is 9.72. The van der Waals surface area contributed by atoms with E-state index in [9.17, 15) is 9.59 Å². The van der Waals surface area contributed by atoms with Crippen molar-refractivity contribution in [2.24, 2.45) is 11.3 Å². The molecule has 0 spiro atoms. The number of aliphatic carboxylic acids is 1. The van der Waals surface area contributed by atoms with Gasteiger partial charge in [0.25, 0.3) is 5.56 Å². The Kier molecular flexibility index (Phi) is 3.55. The van der Waals surface area contributed by atoms with Gasteiger partial charge < -0.3 is 5.11 Å². The molecule has 1 aliphatic rings. The predicted octanol–water partition coefficient (Wildman–Crippen LogP) is 2.09. The Hall–Kier alpha value is -1.76. The minimum atomic E-state index is -1.09. The minimum Gasteiger partial charge on any atom is -0.480 e. The zero-order chi connectivity index (χ0) is 16.1. The van der Waals surface area contributed by atoms with Crippen LogP contribution >= 0.6 is 11.3 Å². The fourth-order valence-electron chi connectivity index (χ4n) is 3.10. The number of fused-ring (bicyclic) bond motifs is 3. The smallest absolute Gasteiger partial charge is 0.325 e. The third-order valence-corrected chi connectivity index (χ3v) is 5.59. The Labute approximate surface area is 131 Å². The summed E-state index contributed by atoms with van der Waals surface area (Å²) in [6, 6.07) is 0. The van der Waals surface area contributed by atoms with Crippen LogP contribution in [0.5, 0.6) is 0 Å².